The summed E-state index contributed by atoms with van der Waals surface area (Å²) in [5.41, 5.74) is 0.118. The molecule has 0 aromatic heterocycles. The van der Waals surface area contributed by atoms with Gasteiger partial charge in [0.2, 0.25) is 8.13 Å². The standard InChI is InChI=1S/C14H7Cl9O/c15-11(16,12(17,18)13(19,20)14(21,22)23)8-5-7-3-1-2-4-9(7)10(24)6-8/h1-6,24H. The molecule has 0 fully saturated rings. The molecule has 0 aliphatic rings. The Hall–Kier alpha value is 1.11. The van der Waals surface area contributed by atoms with Gasteiger partial charge in [-0.1, -0.05) is 129 Å². The normalized spacial score (nSPS) is 14.2. The quantitative estimate of drug-likeness (QED) is 0.417. The molecule has 0 unspecified atom stereocenters. The highest BCUT2D eigenvalue weighted by atomic mass is 35.6. The second kappa shape index (κ2) is 6.93. The Labute approximate surface area is 183 Å². The summed E-state index contributed by atoms with van der Waals surface area (Å²) >= 11 is 54.6. The van der Waals surface area contributed by atoms with Crippen LogP contribution in [-0.2, 0) is 4.33 Å². The Balaban J connectivity index is 2.65. The predicted molar refractivity (Wildman–Crippen MR) is 108 cm³/mol. The predicted octanol–water partition coefficient (Wildman–Crippen LogP) is 7.89. The lowest BCUT2D eigenvalue weighted by molar-refractivity contribution is 0.479. The van der Waals surface area contributed by atoms with Crippen molar-refractivity contribution in [3.63, 3.8) is 0 Å². The van der Waals surface area contributed by atoms with Gasteiger partial charge in [0, 0.05) is 5.39 Å². The second-order valence-electron chi connectivity index (χ2n) is 4.94. The Bertz CT molecular complexity index is 764. The Kier molecular flexibility index (Phi) is 6.18. The molecule has 0 saturated carbocycles. The van der Waals surface area contributed by atoms with Crippen LogP contribution in [0.3, 0.4) is 0 Å². The lowest BCUT2D eigenvalue weighted by Gasteiger charge is -2.44. The highest BCUT2D eigenvalue weighted by molar-refractivity contribution is 6.80. The van der Waals surface area contributed by atoms with E-state index in [1.165, 1.54) is 6.07 Å². The number of halogens is 9. The molecule has 10 heteroatoms. The summed E-state index contributed by atoms with van der Waals surface area (Å²) in [7, 11) is 0. The van der Waals surface area contributed by atoms with E-state index >= 15 is 0 Å². The van der Waals surface area contributed by atoms with Crippen LogP contribution in [0.5, 0.6) is 5.75 Å². The first kappa shape index (κ1) is 21.4. The number of rotatable bonds is 3. The molecule has 0 radical (unpaired) electrons. The van der Waals surface area contributed by atoms with Crippen LogP contribution in [0.1, 0.15) is 5.56 Å². The summed E-state index contributed by atoms with van der Waals surface area (Å²) in [6, 6.07) is 9.81. The summed E-state index contributed by atoms with van der Waals surface area (Å²) in [5, 5.41) is 11.4. The van der Waals surface area contributed by atoms with E-state index < -0.39 is 16.8 Å². The molecular weight excluding hydrogens is 503 g/mol. The Morgan fingerprint density at radius 1 is 0.708 bits per heavy atom. The van der Waals surface area contributed by atoms with Gasteiger partial charge in [-0.25, -0.2) is 0 Å². The van der Waals surface area contributed by atoms with E-state index in [9.17, 15) is 5.11 Å². The second-order valence-corrected chi connectivity index (χ2v) is 11.2. The van der Waals surface area contributed by atoms with Crippen molar-refractivity contribution in [2.75, 3.05) is 0 Å². The van der Waals surface area contributed by atoms with Gasteiger partial charge >= 0.3 is 0 Å². The van der Waals surface area contributed by atoms with E-state index in [-0.39, 0.29) is 11.3 Å². The highest BCUT2D eigenvalue weighted by Gasteiger charge is 2.68. The molecule has 0 spiro atoms. The summed E-state index contributed by atoms with van der Waals surface area (Å²) < 4.78 is -9.20. The van der Waals surface area contributed by atoms with Gasteiger partial charge in [0.15, 0.2) is 8.67 Å². The number of phenolic OH excluding ortho intramolecular Hbond substituents is 1. The minimum atomic E-state index is -2.39. The van der Waals surface area contributed by atoms with E-state index in [1.54, 1.807) is 30.3 Å². The molecule has 0 bridgehead atoms. The monoisotopic (exact) mass is 506 g/mol. The maximum Gasteiger partial charge on any atom is 0.226 e. The maximum atomic E-state index is 10.2. The number of alkyl halides is 9. The smallest absolute Gasteiger partial charge is 0.226 e. The molecule has 2 aromatic carbocycles. The van der Waals surface area contributed by atoms with E-state index in [2.05, 4.69) is 0 Å². The minimum absolute atomic E-state index is 0.0958. The molecule has 0 aliphatic heterocycles. The zero-order valence-corrected chi connectivity index (χ0v) is 18.1. The molecule has 24 heavy (non-hydrogen) atoms. The van der Waals surface area contributed by atoms with Crippen LogP contribution in [-0.4, -0.2) is 17.6 Å². The molecule has 1 nitrogen and oxygen atoms in total. The number of hydrogen-bond donors (Lipinski definition) is 1. The SMILES string of the molecule is Oc1cc(C(Cl)(Cl)C(Cl)(Cl)C(Cl)(Cl)C(Cl)(Cl)Cl)cc2ccccc12. The van der Waals surface area contributed by atoms with Crippen molar-refractivity contribution in [1.82, 2.24) is 0 Å². The number of benzene rings is 2. The molecule has 2 rings (SSSR count). The van der Waals surface area contributed by atoms with Gasteiger partial charge in [-0.15, -0.1) is 0 Å². The van der Waals surface area contributed by atoms with Crippen LogP contribution in [0, 0.1) is 0 Å². The first-order valence-corrected chi connectivity index (χ1v) is 9.56. The Morgan fingerprint density at radius 3 is 1.79 bits per heavy atom. The zero-order chi connectivity index (χ0) is 18.6. The molecule has 0 saturated heterocycles. The van der Waals surface area contributed by atoms with Crippen LogP contribution in [0.2, 0.25) is 0 Å². The molecule has 0 heterocycles. The lowest BCUT2D eigenvalue weighted by Crippen LogP contribution is -2.54. The van der Waals surface area contributed by atoms with Crippen molar-refractivity contribution in [2.45, 2.75) is 16.8 Å². The summed E-state index contributed by atoms with van der Waals surface area (Å²) in [5.74, 6) is -0.0958. The number of phenols is 1. The van der Waals surface area contributed by atoms with E-state index in [0.717, 1.165) is 0 Å². The first-order valence-electron chi connectivity index (χ1n) is 6.16. The average molecular weight is 510 g/mol. The summed E-state index contributed by atoms with van der Waals surface area (Å²) in [4.78, 5) is 0. The minimum Gasteiger partial charge on any atom is -0.507 e. The van der Waals surface area contributed by atoms with Gasteiger partial charge < -0.3 is 5.11 Å². The van der Waals surface area contributed by atoms with Gasteiger partial charge in [-0.3, -0.25) is 0 Å². The van der Waals surface area contributed by atoms with Crippen molar-refractivity contribution in [3.05, 3.63) is 42.0 Å². The third-order valence-corrected chi connectivity index (χ3v) is 8.82. The van der Waals surface area contributed by atoms with Crippen molar-refractivity contribution in [3.8, 4) is 5.75 Å². The molecule has 132 valence electrons. The summed E-state index contributed by atoms with van der Waals surface area (Å²) in [6.07, 6.45) is 0. The molecule has 1 N–H and O–H groups in total. The van der Waals surface area contributed by atoms with Gasteiger partial charge in [-0.2, -0.15) is 0 Å². The molecule has 2 aromatic rings. The molecule has 0 atom stereocenters. The molecule has 0 amide bonds. The van der Waals surface area contributed by atoms with Crippen LogP contribution in [0.4, 0.5) is 0 Å². The van der Waals surface area contributed by atoms with Crippen molar-refractivity contribution in [1.29, 1.82) is 0 Å². The van der Waals surface area contributed by atoms with E-state index in [1.807, 2.05) is 0 Å². The fourth-order valence-electron chi connectivity index (χ4n) is 2.03. The van der Waals surface area contributed by atoms with Crippen LogP contribution >= 0.6 is 104 Å². The molecular formula is C14H7Cl9O. The Morgan fingerprint density at radius 2 is 1.25 bits per heavy atom. The average Bonchev–Trinajstić information content (AvgIpc) is 2.45. The van der Waals surface area contributed by atoms with Gasteiger partial charge in [0.05, 0.1) is 0 Å². The number of aromatic hydroxyl groups is 1. The zero-order valence-electron chi connectivity index (χ0n) is 11.3. The van der Waals surface area contributed by atoms with Crippen molar-refractivity contribution in [2.24, 2.45) is 0 Å². The van der Waals surface area contributed by atoms with Gasteiger partial charge in [0.25, 0.3) is 0 Å². The number of hydrogen-bond acceptors (Lipinski definition) is 1. The van der Waals surface area contributed by atoms with Crippen LogP contribution in [0.25, 0.3) is 10.8 Å². The third kappa shape index (κ3) is 3.46. The fraction of sp³-hybridized carbons (Fsp3) is 0.286. The van der Waals surface area contributed by atoms with E-state index in [4.69, 9.17) is 104 Å². The van der Waals surface area contributed by atoms with Crippen molar-refractivity contribution >= 4 is 115 Å². The van der Waals surface area contributed by atoms with Gasteiger partial charge in [0.1, 0.15) is 5.75 Å². The van der Waals surface area contributed by atoms with Crippen LogP contribution in [0.15, 0.2) is 36.4 Å². The summed E-state index contributed by atoms with van der Waals surface area (Å²) in [6.45, 7) is 0. The fourth-order valence-corrected chi connectivity index (χ4v) is 4.22. The highest BCUT2D eigenvalue weighted by Crippen LogP contribution is 2.65. The number of fused-ring (bicyclic) bond motifs is 1. The van der Waals surface area contributed by atoms with Gasteiger partial charge in [-0.05, 0) is 23.1 Å². The first-order chi connectivity index (χ1) is 10.7. The van der Waals surface area contributed by atoms with Crippen molar-refractivity contribution < 1.29 is 5.11 Å². The lowest BCUT2D eigenvalue weighted by atomic mass is 10.0. The maximum absolute atomic E-state index is 10.2. The van der Waals surface area contributed by atoms with E-state index in [0.29, 0.717) is 10.8 Å². The van der Waals surface area contributed by atoms with Crippen LogP contribution < -0.4 is 0 Å². The largest absolute Gasteiger partial charge is 0.507 e. The topological polar surface area (TPSA) is 20.2 Å². The third-order valence-electron chi connectivity index (χ3n) is 3.35. The molecule has 0 aliphatic carbocycles.